The van der Waals surface area contributed by atoms with Crippen LogP contribution in [0.5, 0.6) is 11.5 Å². The molecule has 69 heavy (non-hydrogen) atoms. The summed E-state index contributed by atoms with van der Waals surface area (Å²) in [6.45, 7) is -0.213. The predicted molar refractivity (Wildman–Crippen MR) is 235 cm³/mol. The maximum absolute atomic E-state index is 13.5. The summed E-state index contributed by atoms with van der Waals surface area (Å²) in [7, 11) is 9.50. The minimum Gasteiger partial charge on any atom is -0.510 e. The third-order valence-corrected chi connectivity index (χ3v) is 13.8. The molecule has 366 valence electrons. The molecule has 0 bridgehead atoms. The molecule has 2 aromatic carbocycles. The number of nitrogens with zero attached hydrogens (tertiary/aromatic N) is 7. The number of benzene rings is 2. The fourth-order valence-corrected chi connectivity index (χ4v) is 10.4. The Morgan fingerprint density at radius 2 is 1.70 bits per heavy atom. The van der Waals surface area contributed by atoms with Gasteiger partial charge in [0, 0.05) is 51.2 Å². The van der Waals surface area contributed by atoms with Crippen LogP contribution in [0.25, 0.3) is 0 Å². The van der Waals surface area contributed by atoms with Crippen LogP contribution < -0.4 is 16.0 Å². The van der Waals surface area contributed by atoms with Crippen molar-refractivity contribution in [1.82, 2.24) is 35.3 Å². The van der Waals surface area contributed by atoms with Crippen molar-refractivity contribution in [3.05, 3.63) is 87.0 Å². The largest absolute Gasteiger partial charge is 0.510 e. The molecule has 3 heterocycles. The zero-order valence-electron chi connectivity index (χ0n) is 37.6. The van der Waals surface area contributed by atoms with E-state index < -0.39 is 99.7 Å². The Morgan fingerprint density at radius 1 is 1.03 bits per heavy atom. The van der Waals surface area contributed by atoms with Crippen LogP contribution in [0.15, 0.2) is 75.5 Å². The van der Waals surface area contributed by atoms with E-state index in [0.717, 1.165) is 29.5 Å². The van der Waals surface area contributed by atoms with E-state index in [2.05, 4.69) is 20.8 Å². The summed E-state index contributed by atoms with van der Waals surface area (Å²) in [5.74, 6) is -13.3. The molecule has 10 N–H and O–H groups in total. The minimum atomic E-state index is -2.63. The van der Waals surface area contributed by atoms with Gasteiger partial charge >= 0.3 is 11.9 Å². The summed E-state index contributed by atoms with van der Waals surface area (Å²) in [5.41, 5.74) is 0.850. The Kier molecular flexibility index (Phi) is 13.1. The number of nitrogens with two attached hydrogens (primary N) is 1. The number of aromatic hydroxyl groups is 2. The number of amides is 3. The van der Waals surface area contributed by atoms with Gasteiger partial charge in [0.25, 0.3) is 17.5 Å². The van der Waals surface area contributed by atoms with Gasteiger partial charge in [-0.3, -0.25) is 38.6 Å². The summed E-state index contributed by atoms with van der Waals surface area (Å²) < 4.78 is 12.4. The molecule has 0 radical (unpaired) electrons. The van der Waals surface area contributed by atoms with Crippen molar-refractivity contribution in [1.29, 1.82) is 0 Å². The van der Waals surface area contributed by atoms with Gasteiger partial charge in [0.1, 0.15) is 34.3 Å². The lowest BCUT2D eigenvalue weighted by Crippen LogP contribution is -2.82. The number of aliphatic carboxylic acids is 2. The lowest BCUT2D eigenvalue weighted by molar-refractivity contribution is -0.258. The van der Waals surface area contributed by atoms with Crippen LogP contribution in [0.1, 0.15) is 33.8 Å². The molecule has 8 rings (SSSR count). The monoisotopic (exact) mass is 977 g/mol. The highest BCUT2D eigenvalue weighted by molar-refractivity contribution is 7.99. The van der Waals surface area contributed by atoms with Gasteiger partial charge in [0.05, 0.1) is 18.2 Å². The number of phenolic OH excluding ortho intramolecular Hbond substituents is 2. The smallest absolute Gasteiger partial charge is 0.352 e. The maximum atomic E-state index is 13.5. The number of thioether (sulfide) groups is 1. The Balaban J connectivity index is 0.000000205. The first-order chi connectivity index (χ1) is 32.4. The van der Waals surface area contributed by atoms with Crippen molar-refractivity contribution in [2.45, 2.75) is 47.5 Å². The lowest BCUT2D eigenvalue weighted by atomic mass is 9.58. The number of primary amides is 1. The number of aliphatic hydroxyl groups excluding tert-OH is 2. The van der Waals surface area contributed by atoms with Gasteiger partial charge in [-0.1, -0.05) is 23.9 Å². The molecule has 3 aliphatic carbocycles. The van der Waals surface area contributed by atoms with Gasteiger partial charge in [0.2, 0.25) is 16.8 Å². The molecule has 2 aliphatic heterocycles. The highest BCUT2D eigenvalue weighted by atomic mass is 32.2. The first kappa shape index (κ1) is 49.5. The van der Waals surface area contributed by atoms with Gasteiger partial charge < -0.3 is 61.2 Å². The number of allylic oxidation sites excluding steroid dienone is 1. The first-order valence-corrected chi connectivity index (χ1v) is 21.7. The van der Waals surface area contributed by atoms with Crippen molar-refractivity contribution in [3.63, 3.8) is 0 Å². The van der Waals surface area contributed by atoms with Gasteiger partial charge in [-0.25, -0.2) is 9.48 Å². The molecule has 1 aromatic heterocycles. The van der Waals surface area contributed by atoms with Crippen LogP contribution in [-0.4, -0.2) is 178 Å². The van der Waals surface area contributed by atoms with E-state index in [4.69, 9.17) is 15.2 Å². The highest BCUT2D eigenvalue weighted by Gasteiger charge is 2.68. The molecule has 1 unspecified atom stereocenters. The highest BCUT2D eigenvalue weighted by Crippen LogP contribution is 2.53. The third-order valence-electron chi connectivity index (χ3n) is 12.7. The van der Waals surface area contributed by atoms with Crippen molar-refractivity contribution >= 4 is 58.7 Å². The number of nitrogens with one attached hydrogen (secondary N) is 1. The van der Waals surface area contributed by atoms with Gasteiger partial charge in [-0.05, 0) is 84.2 Å². The average molecular weight is 978 g/mol. The minimum absolute atomic E-state index is 0.00184. The quantitative estimate of drug-likeness (QED) is 0.0348. The predicted octanol–water partition coefficient (Wildman–Crippen LogP) is -0.941. The number of β-lactam (4-membered cyclic amide) rings is 1. The number of carbonyl (C=O) groups is 7. The SMILES string of the molecule is CN(C)c1ccc(O)c2c1C[C@H]1C[C@H]3[C@H](N(C)C)C(O)=C(C(N)=O)C(=O)[C@@]3(O)C(O)=C1C2=O.CO[C@@]1(NC(=O)C(C(=O)O)c2ccc(O)cc2)C(=O)N2C(C(=O)O)=C(CSc3nnnn3C)CO[C@@H]21. The zero-order valence-corrected chi connectivity index (χ0v) is 38.4. The molecule has 25 nitrogen and oxygen atoms in total. The molecule has 3 aromatic rings. The van der Waals surface area contributed by atoms with E-state index in [0.29, 0.717) is 10.7 Å². The number of ether oxygens (including phenoxy) is 2. The molecule has 7 atom stereocenters. The van der Waals surface area contributed by atoms with Crippen molar-refractivity contribution < 1.29 is 78.8 Å². The molecule has 0 spiro atoms. The zero-order chi connectivity index (χ0) is 50.8. The molecule has 1 saturated heterocycles. The second-order valence-electron chi connectivity index (χ2n) is 17.1. The normalized spacial score (nSPS) is 25.4. The number of aromatic nitrogens is 4. The number of fused-ring (bicyclic) bond motifs is 4. The number of likely N-dealkylation sites (N-methyl/N-ethyl adjacent to an activating group) is 1. The summed E-state index contributed by atoms with van der Waals surface area (Å²) >= 11 is 1.14. The Bertz CT molecular complexity index is 2810. The van der Waals surface area contributed by atoms with Crippen LogP contribution in [0.4, 0.5) is 5.69 Å². The number of Topliss-reactive ketones (excluding diaryl/α,β-unsaturated/α-hetero) is 2. The van der Waals surface area contributed by atoms with Gasteiger partial charge in [0.15, 0.2) is 23.5 Å². The van der Waals surface area contributed by atoms with Crippen LogP contribution >= 0.6 is 11.8 Å². The second-order valence-corrected chi connectivity index (χ2v) is 18.0. The molecule has 5 aliphatic rings. The number of carbonyl (C=O) groups excluding carboxylic acids is 5. The number of aliphatic hydroxyl groups is 3. The molecule has 1 fully saturated rings. The topological polar surface area (TPSA) is 371 Å². The number of tetrazole rings is 1. The summed E-state index contributed by atoms with van der Waals surface area (Å²) in [6.07, 6.45) is -1.03. The van der Waals surface area contributed by atoms with E-state index in [-0.39, 0.29) is 64.7 Å². The Labute approximate surface area is 395 Å². The maximum Gasteiger partial charge on any atom is 0.352 e. The summed E-state index contributed by atoms with van der Waals surface area (Å²) in [5, 5.41) is 86.5. The number of aryl methyl sites for hydroxylation is 1. The molecule has 3 amide bonds. The van der Waals surface area contributed by atoms with Gasteiger partial charge in [-0.15, -0.1) is 5.10 Å². The number of carboxylic acid groups (broad SMARTS) is 2. The Morgan fingerprint density at radius 3 is 2.25 bits per heavy atom. The number of anilines is 1. The molecular weight excluding hydrogens is 931 g/mol. The van der Waals surface area contributed by atoms with E-state index in [1.807, 2.05) is 0 Å². The van der Waals surface area contributed by atoms with E-state index in [1.165, 1.54) is 39.9 Å². The van der Waals surface area contributed by atoms with Crippen molar-refractivity contribution in [2.75, 3.05) is 52.6 Å². The van der Waals surface area contributed by atoms with Crippen LogP contribution in [0, 0.1) is 11.8 Å². The Hall–Kier alpha value is -7.39. The van der Waals surface area contributed by atoms with E-state index >= 15 is 0 Å². The van der Waals surface area contributed by atoms with Gasteiger partial charge in [-0.2, -0.15) is 0 Å². The standard InChI is InChI=1S/C23H27N3O7.C20H20N6O9S/c1-25(2)12-5-6-13(27)15-10(12)7-9-8-11-17(26(3)4)19(29)16(22(24)32)21(31)23(11,33)20(30)14(9)18(15)28;1-25-19(22-23-24-25)36-8-10-7-35-18-20(34-2,17(33)26(18)13(10)16(31)32)21-14(28)12(15(29)30)9-3-5-11(27)6-4-9/h5-6,9,11,17,27,29-30,33H,7-8H2,1-4H3,(H2,24,32);3-6,12,18,27H,7-8H2,1-2H3,(H,21,28)(H,29,30)(H,31,32)/t9-,11-,17-,23-;12?,18-,20+/m01/s1. The number of phenols is 2. The van der Waals surface area contributed by atoms with Crippen molar-refractivity contribution in [2.24, 2.45) is 24.6 Å². The molecule has 26 heteroatoms. The second kappa shape index (κ2) is 18.3. The summed E-state index contributed by atoms with van der Waals surface area (Å²) in [4.78, 5) is 92.9. The van der Waals surface area contributed by atoms with Crippen molar-refractivity contribution in [3.8, 4) is 11.5 Å². The van der Waals surface area contributed by atoms with Crippen LogP contribution in [-0.2, 0) is 51.7 Å². The number of carboxylic acids is 2. The fraction of sp³-hybridized carbons (Fsp3) is 0.395. The number of methoxy groups -OCH3 is 1. The average Bonchev–Trinajstić information content (AvgIpc) is 3.69. The number of rotatable bonds is 12. The van der Waals surface area contributed by atoms with E-state index in [9.17, 15) is 69.3 Å². The summed E-state index contributed by atoms with van der Waals surface area (Å²) in [6, 6.07) is 6.99. The van der Waals surface area contributed by atoms with Crippen LogP contribution in [0.2, 0.25) is 0 Å². The first-order valence-electron chi connectivity index (χ1n) is 20.8. The number of hydrogen-bond acceptors (Lipinski definition) is 20. The molecule has 0 saturated carbocycles. The third kappa shape index (κ3) is 7.97. The lowest BCUT2D eigenvalue weighted by Gasteiger charge is -2.55. The number of hydrogen-bond donors (Lipinski definition) is 9. The van der Waals surface area contributed by atoms with Crippen LogP contribution in [0.3, 0.4) is 0 Å². The van der Waals surface area contributed by atoms with E-state index in [1.54, 1.807) is 46.2 Å². The molecular formula is C43H47N9O16S. The fourth-order valence-electron chi connectivity index (χ4n) is 9.53. The number of ketones is 2.